The van der Waals surface area contributed by atoms with E-state index in [2.05, 4.69) is 11.4 Å². The highest BCUT2D eigenvalue weighted by molar-refractivity contribution is 5.85. The Bertz CT molecular complexity index is 314. The quantitative estimate of drug-likeness (QED) is 0.531. The number of carbonyl (C=O) groups excluding carboxylic acids is 1. The van der Waals surface area contributed by atoms with Crippen molar-refractivity contribution in [2.24, 2.45) is 5.92 Å². The molecule has 2 unspecified atom stereocenters. The van der Waals surface area contributed by atoms with Gasteiger partial charge in [-0.1, -0.05) is 12.2 Å². The number of ether oxygens (including phenoxy) is 1. The molecular weight excluding hydrogens is 234 g/mol. The molecule has 1 amide bonds. The Morgan fingerprint density at radius 2 is 2.28 bits per heavy atom. The maximum absolute atomic E-state index is 11.9. The van der Waals surface area contributed by atoms with Gasteiger partial charge in [-0.2, -0.15) is 0 Å². The monoisotopic (exact) mass is 255 g/mol. The first-order valence-corrected chi connectivity index (χ1v) is 6.32. The normalized spacial score (nSPS) is 20.4. The molecule has 0 radical (unpaired) electrons. The lowest BCUT2D eigenvalue weighted by molar-refractivity contribution is -0.142. The number of hydrogen-bond donors (Lipinski definition) is 2. The molecule has 0 spiro atoms. The van der Waals surface area contributed by atoms with Gasteiger partial charge in [-0.15, -0.1) is 0 Å². The maximum Gasteiger partial charge on any atom is 0.326 e. The van der Waals surface area contributed by atoms with E-state index in [1.165, 1.54) is 0 Å². The highest BCUT2D eigenvalue weighted by Gasteiger charge is 2.24. The van der Waals surface area contributed by atoms with Gasteiger partial charge in [0.2, 0.25) is 5.91 Å². The molecule has 1 aliphatic carbocycles. The van der Waals surface area contributed by atoms with Crippen molar-refractivity contribution < 1.29 is 19.4 Å². The lowest BCUT2D eigenvalue weighted by Gasteiger charge is -2.20. The first kappa shape index (κ1) is 14.7. The average Bonchev–Trinajstić information content (AvgIpc) is 2.38. The number of rotatable bonds is 7. The number of carboxylic acid groups (broad SMARTS) is 1. The van der Waals surface area contributed by atoms with Gasteiger partial charge in [0, 0.05) is 19.6 Å². The molecular formula is C13H21NO4. The summed E-state index contributed by atoms with van der Waals surface area (Å²) in [6.45, 7) is 0.506. The van der Waals surface area contributed by atoms with Crippen molar-refractivity contribution in [2.45, 2.75) is 38.1 Å². The molecule has 0 saturated carbocycles. The Labute approximate surface area is 107 Å². The number of hydrogen-bond acceptors (Lipinski definition) is 3. The summed E-state index contributed by atoms with van der Waals surface area (Å²) in [6, 6.07) is -0.807. The van der Waals surface area contributed by atoms with E-state index in [1.54, 1.807) is 7.11 Å². The Morgan fingerprint density at radius 3 is 2.83 bits per heavy atom. The van der Waals surface area contributed by atoms with Crippen LogP contribution in [0.1, 0.15) is 32.1 Å². The lowest BCUT2D eigenvalue weighted by atomic mass is 9.93. The third-order valence-electron chi connectivity index (χ3n) is 3.10. The highest BCUT2D eigenvalue weighted by Crippen LogP contribution is 2.18. The maximum atomic E-state index is 11.9. The van der Waals surface area contributed by atoms with Crippen molar-refractivity contribution in [1.29, 1.82) is 0 Å². The molecule has 1 aliphatic rings. The molecule has 0 aromatic carbocycles. The highest BCUT2D eigenvalue weighted by atomic mass is 16.5. The molecule has 0 bridgehead atoms. The number of aliphatic carboxylic acids is 1. The van der Waals surface area contributed by atoms with Crippen molar-refractivity contribution >= 4 is 11.9 Å². The van der Waals surface area contributed by atoms with E-state index < -0.39 is 12.0 Å². The van der Waals surface area contributed by atoms with Gasteiger partial charge in [0.15, 0.2) is 0 Å². The summed E-state index contributed by atoms with van der Waals surface area (Å²) in [5.74, 6) is -1.21. The molecule has 102 valence electrons. The number of amides is 1. The number of methoxy groups -OCH3 is 1. The number of carboxylic acids is 1. The summed E-state index contributed by atoms with van der Waals surface area (Å²) in [4.78, 5) is 22.9. The number of carbonyl (C=O) groups is 2. The minimum atomic E-state index is -0.981. The smallest absolute Gasteiger partial charge is 0.326 e. The third-order valence-corrected chi connectivity index (χ3v) is 3.10. The van der Waals surface area contributed by atoms with Crippen LogP contribution in [0, 0.1) is 5.92 Å². The third kappa shape index (κ3) is 4.87. The fourth-order valence-electron chi connectivity index (χ4n) is 2.01. The minimum Gasteiger partial charge on any atom is -0.480 e. The van der Waals surface area contributed by atoms with Crippen molar-refractivity contribution in [3.63, 3.8) is 0 Å². The van der Waals surface area contributed by atoms with Crippen LogP contribution in [0.15, 0.2) is 12.2 Å². The van der Waals surface area contributed by atoms with Crippen LogP contribution in [-0.4, -0.2) is 36.7 Å². The molecule has 2 N–H and O–H groups in total. The molecule has 0 aromatic heterocycles. The van der Waals surface area contributed by atoms with Crippen LogP contribution in [0.3, 0.4) is 0 Å². The number of allylic oxidation sites excluding steroid dienone is 2. The van der Waals surface area contributed by atoms with Crippen LogP contribution in [0.2, 0.25) is 0 Å². The molecule has 0 heterocycles. The second kappa shape index (κ2) is 7.87. The van der Waals surface area contributed by atoms with Gasteiger partial charge in [-0.3, -0.25) is 4.79 Å². The van der Waals surface area contributed by atoms with Crippen molar-refractivity contribution in [2.75, 3.05) is 13.7 Å². The average molecular weight is 255 g/mol. The minimum absolute atomic E-state index is 0.0840. The fourth-order valence-corrected chi connectivity index (χ4v) is 2.01. The van der Waals surface area contributed by atoms with E-state index in [-0.39, 0.29) is 11.8 Å². The molecule has 0 aliphatic heterocycles. The standard InChI is InChI=1S/C13H21NO4/c1-18-9-5-8-11(13(16)17)14-12(15)10-6-3-2-4-7-10/h2-3,10-11H,4-9H2,1H3,(H,14,15)(H,16,17). The van der Waals surface area contributed by atoms with Gasteiger partial charge in [-0.05, 0) is 32.1 Å². The van der Waals surface area contributed by atoms with E-state index in [1.807, 2.05) is 6.08 Å². The number of nitrogens with one attached hydrogen (secondary N) is 1. The largest absolute Gasteiger partial charge is 0.480 e. The van der Waals surface area contributed by atoms with Crippen molar-refractivity contribution in [1.82, 2.24) is 5.32 Å². The van der Waals surface area contributed by atoms with Gasteiger partial charge in [-0.25, -0.2) is 4.79 Å². The molecule has 0 fully saturated rings. The first-order chi connectivity index (χ1) is 8.65. The van der Waals surface area contributed by atoms with E-state index in [0.717, 1.165) is 12.8 Å². The van der Waals surface area contributed by atoms with Gasteiger partial charge < -0.3 is 15.2 Å². The molecule has 2 atom stereocenters. The Hall–Kier alpha value is -1.36. The zero-order chi connectivity index (χ0) is 13.4. The zero-order valence-corrected chi connectivity index (χ0v) is 10.7. The summed E-state index contributed by atoms with van der Waals surface area (Å²) in [5.41, 5.74) is 0. The van der Waals surface area contributed by atoms with Gasteiger partial charge in [0.1, 0.15) is 6.04 Å². The fraction of sp³-hybridized carbons (Fsp3) is 0.692. The summed E-state index contributed by atoms with van der Waals surface area (Å²) < 4.78 is 4.88. The Kier molecular flexibility index (Phi) is 6.43. The summed E-state index contributed by atoms with van der Waals surface area (Å²) in [6.07, 6.45) is 7.45. The zero-order valence-electron chi connectivity index (χ0n) is 10.7. The van der Waals surface area contributed by atoms with Crippen molar-refractivity contribution in [3.8, 4) is 0 Å². The molecule has 0 saturated heterocycles. The van der Waals surface area contributed by atoms with Crippen LogP contribution >= 0.6 is 0 Å². The predicted octanol–water partition coefficient (Wildman–Crippen LogP) is 1.34. The Balaban J connectivity index is 2.41. The predicted molar refractivity (Wildman–Crippen MR) is 67.2 cm³/mol. The van der Waals surface area contributed by atoms with Gasteiger partial charge >= 0.3 is 5.97 Å². The molecule has 5 nitrogen and oxygen atoms in total. The first-order valence-electron chi connectivity index (χ1n) is 6.32. The van der Waals surface area contributed by atoms with Gasteiger partial charge in [0.25, 0.3) is 0 Å². The van der Waals surface area contributed by atoms with E-state index in [4.69, 9.17) is 9.84 Å². The van der Waals surface area contributed by atoms with Gasteiger partial charge in [0.05, 0.1) is 0 Å². The molecule has 5 heteroatoms. The Morgan fingerprint density at radius 1 is 1.50 bits per heavy atom. The van der Waals surface area contributed by atoms with E-state index >= 15 is 0 Å². The second-order valence-corrected chi connectivity index (χ2v) is 4.52. The van der Waals surface area contributed by atoms with Crippen molar-refractivity contribution in [3.05, 3.63) is 12.2 Å². The van der Waals surface area contributed by atoms with Crippen LogP contribution in [0.25, 0.3) is 0 Å². The second-order valence-electron chi connectivity index (χ2n) is 4.52. The lowest BCUT2D eigenvalue weighted by Crippen LogP contribution is -2.43. The van der Waals surface area contributed by atoms with Crippen LogP contribution < -0.4 is 5.32 Å². The SMILES string of the molecule is COCCCC(NC(=O)C1CC=CCC1)C(=O)O. The van der Waals surface area contributed by atoms with Crippen LogP contribution in [0.5, 0.6) is 0 Å². The summed E-state index contributed by atoms with van der Waals surface area (Å²) in [5, 5.41) is 11.7. The molecule has 1 rings (SSSR count). The summed E-state index contributed by atoms with van der Waals surface area (Å²) in [7, 11) is 1.57. The van der Waals surface area contributed by atoms with E-state index in [0.29, 0.717) is 25.9 Å². The molecule has 0 aromatic rings. The topological polar surface area (TPSA) is 75.6 Å². The molecule has 18 heavy (non-hydrogen) atoms. The van der Waals surface area contributed by atoms with Crippen LogP contribution in [0.4, 0.5) is 0 Å². The summed E-state index contributed by atoms with van der Waals surface area (Å²) >= 11 is 0. The van der Waals surface area contributed by atoms with Crippen LogP contribution in [-0.2, 0) is 14.3 Å². The van der Waals surface area contributed by atoms with E-state index in [9.17, 15) is 9.59 Å².